The molecule has 2 unspecified atom stereocenters. The van der Waals surface area contributed by atoms with Crippen LogP contribution in [-0.4, -0.2) is 56.9 Å². The molecule has 0 radical (unpaired) electrons. The highest BCUT2D eigenvalue weighted by Crippen LogP contribution is 2.44. The van der Waals surface area contributed by atoms with E-state index >= 15 is 0 Å². The maximum atomic E-state index is 14.2. The molecule has 5 aromatic carbocycles. The zero-order valence-electron chi connectivity index (χ0n) is 31.3. The van der Waals surface area contributed by atoms with E-state index in [1.807, 2.05) is 88.8 Å². The molecule has 4 aliphatic rings. The Kier molecular flexibility index (Phi) is 8.68. The second-order valence-electron chi connectivity index (χ2n) is 14.7. The summed E-state index contributed by atoms with van der Waals surface area (Å²) in [5, 5.41) is 0. The van der Waals surface area contributed by atoms with Gasteiger partial charge >= 0.3 is 0 Å². The fourth-order valence-electron chi connectivity index (χ4n) is 8.38. The van der Waals surface area contributed by atoms with Crippen LogP contribution < -0.4 is 33.6 Å². The minimum Gasteiger partial charge on any atom is -0.493 e. The van der Waals surface area contributed by atoms with Crippen LogP contribution in [0.25, 0.3) is 0 Å². The molecule has 278 valence electrons. The number of amides is 2. The molecule has 5 aromatic rings. The zero-order chi connectivity index (χ0) is 37.8. The summed E-state index contributed by atoms with van der Waals surface area (Å²) >= 11 is 0. The monoisotopic (exact) mass is 734 g/mol. The van der Waals surface area contributed by atoms with Crippen LogP contribution in [0.1, 0.15) is 56.8 Å². The van der Waals surface area contributed by atoms with E-state index in [1.54, 1.807) is 26.4 Å². The van der Waals surface area contributed by atoms with Crippen molar-refractivity contribution in [2.24, 2.45) is 4.99 Å². The number of hydrogen-bond donors (Lipinski definition) is 0. The van der Waals surface area contributed by atoms with Crippen molar-refractivity contribution in [3.63, 3.8) is 0 Å². The zero-order valence-corrected chi connectivity index (χ0v) is 31.3. The molecule has 0 fully saturated rings. The minimum absolute atomic E-state index is 0.0266. The summed E-state index contributed by atoms with van der Waals surface area (Å²) in [4.78, 5) is 38.8. The van der Waals surface area contributed by atoms with E-state index in [4.69, 9.17) is 23.9 Å². The topological polar surface area (TPSA) is 93.1 Å². The Morgan fingerprint density at radius 3 is 1.93 bits per heavy atom. The summed E-state index contributed by atoms with van der Waals surface area (Å²) in [6.07, 6.45) is 3.40. The number of methoxy groups -OCH3 is 2. The molecule has 0 N–H and O–H groups in total. The number of para-hydroxylation sites is 2. The van der Waals surface area contributed by atoms with Gasteiger partial charge in [-0.3, -0.25) is 19.5 Å². The Bertz CT molecular complexity index is 2370. The predicted molar refractivity (Wildman–Crippen MR) is 213 cm³/mol. The SMILES string of the molecule is COc1cc2c(cc1OCc1cccc(COc3cc4c(cc3OC)C(=O)N3c5ccccc5CC3CN4C(C)C)c1)N=CC1Cc3ccccc3N1C2=O. The number of anilines is 3. The minimum atomic E-state index is -0.143. The Labute approximate surface area is 320 Å². The lowest BCUT2D eigenvalue weighted by molar-refractivity contribution is 0.0976. The lowest BCUT2D eigenvalue weighted by Crippen LogP contribution is -2.44. The van der Waals surface area contributed by atoms with Gasteiger partial charge in [-0.25, -0.2) is 0 Å². The molecule has 0 saturated heterocycles. The van der Waals surface area contributed by atoms with Gasteiger partial charge < -0.3 is 28.7 Å². The van der Waals surface area contributed by atoms with E-state index in [0.717, 1.165) is 46.6 Å². The molecule has 0 spiro atoms. The van der Waals surface area contributed by atoms with Gasteiger partial charge in [0.2, 0.25) is 0 Å². The Hall–Kier alpha value is -6.29. The predicted octanol–water partition coefficient (Wildman–Crippen LogP) is 7.95. The molecule has 0 aromatic heterocycles. The van der Waals surface area contributed by atoms with E-state index in [0.29, 0.717) is 46.4 Å². The van der Waals surface area contributed by atoms with E-state index in [2.05, 4.69) is 30.9 Å². The summed E-state index contributed by atoms with van der Waals surface area (Å²) < 4.78 is 24.3. The fourth-order valence-corrected chi connectivity index (χ4v) is 8.38. The van der Waals surface area contributed by atoms with Crippen molar-refractivity contribution >= 4 is 40.8 Å². The molecule has 4 heterocycles. The van der Waals surface area contributed by atoms with Crippen LogP contribution >= 0.6 is 0 Å². The van der Waals surface area contributed by atoms with E-state index in [9.17, 15) is 9.59 Å². The molecular weight excluding hydrogens is 693 g/mol. The van der Waals surface area contributed by atoms with Gasteiger partial charge in [0.1, 0.15) is 13.2 Å². The lowest BCUT2D eigenvalue weighted by atomic mass is 10.1. The first-order valence-electron chi connectivity index (χ1n) is 18.7. The first-order chi connectivity index (χ1) is 26.8. The first-order valence-corrected chi connectivity index (χ1v) is 18.7. The first kappa shape index (κ1) is 34.5. The number of carbonyl (C=O) groups is 2. The third-order valence-electron chi connectivity index (χ3n) is 11.1. The summed E-state index contributed by atoms with van der Waals surface area (Å²) in [5.74, 6) is 1.89. The van der Waals surface area contributed by atoms with Gasteiger partial charge in [0, 0.05) is 48.7 Å². The highest BCUT2D eigenvalue weighted by molar-refractivity contribution is 6.15. The number of benzene rings is 5. The Morgan fingerprint density at radius 2 is 1.25 bits per heavy atom. The Balaban J connectivity index is 0.929. The van der Waals surface area contributed by atoms with Crippen LogP contribution in [0, 0.1) is 0 Å². The number of rotatable bonds is 9. The number of hydrogen-bond acceptors (Lipinski definition) is 8. The van der Waals surface area contributed by atoms with Crippen molar-refractivity contribution < 1.29 is 28.5 Å². The molecule has 0 aliphatic carbocycles. The number of ether oxygens (including phenoxy) is 4. The van der Waals surface area contributed by atoms with Crippen LogP contribution in [0.2, 0.25) is 0 Å². The maximum Gasteiger partial charge on any atom is 0.261 e. The second kappa shape index (κ2) is 13.8. The van der Waals surface area contributed by atoms with E-state index < -0.39 is 0 Å². The molecule has 0 saturated carbocycles. The van der Waals surface area contributed by atoms with Crippen molar-refractivity contribution in [1.82, 2.24) is 0 Å². The summed E-state index contributed by atoms with van der Waals surface area (Å²) in [6.45, 7) is 5.56. The number of fused-ring (bicyclic) bond motifs is 8. The average molecular weight is 735 g/mol. The molecule has 0 bridgehead atoms. The highest BCUT2D eigenvalue weighted by Gasteiger charge is 2.41. The number of aliphatic imine (C=N–C) groups is 1. The van der Waals surface area contributed by atoms with Gasteiger partial charge in [0.25, 0.3) is 11.8 Å². The van der Waals surface area contributed by atoms with Crippen molar-refractivity contribution in [2.75, 3.05) is 35.5 Å². The van der Waals surface area contributed by atoms with Gasteiger partial charge in [-0.05, 0) is 72.9 Å². The highest BCUT2D eigenvalue weighted by atomic mass is 16.5. The van der Waals surface area contributed by atoms with Crippen LogP contribution in [0.3, 0.4) is 0 Å². The number of nitrogens with zero attached hydrogens (tertiary/aromatic N) is 4. The standard InChI is InChI=1S/C45H42N4O6/c1-27(2)47-24-33-18-31-13-6-8-15-38(31)49(33)45(51)35-20-41(53-4)43(22-39(35)47)55-26-29-11-9-10-28(16-29)25-54-42-21-36-34(19-40(42)52-3)44(50)48-32(23-46-36)17-30-12-5-7-14-37(30)48/h5-16,19-23,27,32-33H,17-18,24-26H2,1-4H3. The molecule has 2 amide bonds. The summed E-state index contributed by atoms with van der Waals surface area (Å²) in [7, 11) is 3.17. The quantitative estimate of drug-likeness (QED) is 0.152. The molecule has 4 aliphatic heterocycles. The summed E-state index contributed by atoms with van der Waals surface area (Å²) in [6, 6.07) is 31.5. The molecular formula is C45H42N4O6. The van der Waals surface area contributed by atoms with Gasteiger partial charge in [-0.1, -0.05) is 54.6 Å². The maximum absolute atomic E-state index is 14.2. The molecule has 10 heteroatoms. The van der Waals surface area contributed by atoms with Gasteiger partial charge in [0.15, 0.2) is 23.0 Å². The van der Waals surface area contributed by atoms with Gasteiger partial charge in [0.05, 0.1) is 48.8 Å². The van der Waals surface area contributed by atoms with Crippen molar-refractivity contribution in [1.29, 1.82) is 0 Å². The van der Waals surface area contributed by atoms with Crippen LogP contribution in [0.4, 0.5) is 22.7 Å². The summed E-state index contributed by atoms with van der Waals surface area (Å²) in [5.41, 5.74) is 8.56. The van der Waals surface area contributed by atoms with E-state index in [-0.39, 0.29) is 43.2 Å². The van der Waals surface area contributed by atoms with Crippen molar-refractivity contribution in [3.8, 4) is 23.0 Å². The largest absolute Gasteiger partial charge is 0.493 e. The third kappa shape index (κ3) is 6.02. The molecule has 9 rings (SSSR count). The smallest absolute Gasteiger partial charge is 0.261 e. The van der Waals surface area contributed by atoms with Crippen LogP contribution in [-0.2, 0) is 26.1 Å². The van der Waals surface area contributed by atoms with Crippen LogP contribution in [0.15, 0.2) is 102 Å². The molecule has 2 atom stereocenters. The second-order valence-corrected chi connectivity index (χ2v) is 14.7. The van der Waals surface area contributed by atoms with Crippen molar-refractivity contribution in [3.05, 3.63) is 130 Å². The lowest BCUT2D eigenvalue weighted by Gasteiger charge is -2.31. The van der Waals surface area contributed by atoms with Gasteiger partial charge in [-0.15, -0.1) is 0 Å². The number of carbonyl (C=O) groups excluding carboxylic acids is 2. The third-order valence-corrected chi connectivity index (χ3v) is 11.1. The van der Waals surface area contributed by atoms with E-state index in [1.165, 1.54) is 5.56 Å². The Morgan fingerprint density at radius 1 is 0.655 bits per heavy atom. The van der Waals surface area contributed by atoms with Gasteiger partial charge in [-0.2, -0.15) is 0 Å². The molecule has 10 nitrogen and oxygen atoms in total. The average Bonchev–Trinajstić information content (AvgIpc) is 3.70. The fraction of sp³-hybridized carbons (Fsp3) is 0.267. The van der Waals surface area contributed by atoms with Crippen LogP contribution in [0.5, 0.6) is 23.0 Å². The molecule has 55 heavy (non-hydrogen) atoms. The van der Waals surface area contributed by atoms with Crippen molar-refractivity contribution in [2.45, 2.75) is 58.0 Å². The normalized spacial score (nSPS) is 17.8.